The average Bonchev–Trinajstić information content (AvgIpc) is 3.18. The molecule has 0 bridgehead atoms. The Bertz CT molecular complexity index is 901. The lowest BCUT2D eigenvalue weighted by Crippen LogP contribution is -3.28. The molecule has 2 heterocycles. The van der Waals surface area contributed by atoms with Crippen molar-refractivity contribution in [2.45, 2.75) is 39.7 Å². The highest BCUT2D eigenvalue weighted by Gasteiger charge is 2.26. The highest BCUT2D eigenvalue weighted by molar-refractivity contribution is 5.93. The first kappa shape index (κ1) is 20.9. The van der Waals surface area contributed by atoms with Crippen LogP contribution in [0, 0.1) is 6.92 Å². The van der Waals surface area contributed by atoms with E-state index in [1.54, 1.807) is 4.90 Å². The van der Waals surface area contributed by atoms with Crippen molar-refractivity contribution in [3.63, 3.8) is 0 Å². The average molecular weight is 410 g/mol. The second-order valence-electron chi connectivity index (χ2n) is 9.14. The molecule has 5 nitrogen and oxygen atoms in total. The van der Waals surface area contributed by atoms with Crippen molar-refractivity contribution in [3.8, 4) is 5.75 Å². The second kappa shape index (κ2) is 9.19. The van der Waals surface area contributed by atoms with Gasteiger partial charge in [0, 0.05) is 17.7 Å². The minimum atomic E-state index is 0.128. The van der Waals surface area contributed by atoms with Gasteiger partial charge >= 0.3 is 0 Å². The minimum absolute atomic E-state index is 0.128. The first-order chi connectivity index (χ1) is 14.5. The molecule has 2 aliphatic rings. The van der Waals surface area contributed by atoms with Crippen molar-refractivity contribution in [2.24, 2.45) is 0 Å². The lowest BCUT2D eigenvalue weighted by Gasteiger charge is -2.29. The molecule has 0 aromatic heterocycles. The van der Waals surface area contributed by atoms with Crippen molar-refractivity contribution >= 4 is 11.6 Å². The van der Waals surface area contributed by atoms with Gasteiger partial charge in [0.05, 0.1) is 6.61 Å². The van der Waals surface area contributed by atoms with E-state index >= 15 is 0 Å². The molecule has 160 valence electrons. The molecule has 4 rings (SSSR count). The normalized spacial score (nSPS) is 20.7. The number of piperazine rings is 1. The maximum Gasteiger partial charge on any atom is 0.279 e. The van der Waals surface area contributed by atoms with Crippen LogP contribution >= 0.6 is 0 Å². The van der Waals surface area contributed by atoms with E-state index in [2.05, 4.69) is 62.5 Å². The summed E-state index contributed by atoms with van der Waals surface area (Å²) in [7, 11) is 0. The largest absolute Gasteiger partial charge is 0.493 e. The van der Waals surface area contributed by atoms with Gasteiger partial charge in [0.15, 0.2) is 6.54 Å². The summed E-state index contributed by atoms with van der Waals surface area (Å²) in [5.74, 6) is 1.58. The Morgan fingerprint density at radius 1 is 1.10 bits per heavy atom. The molecule has 2 aromatic carbocycles. The van der Waals surface area contributed by atoms with Gasteiger partial charge in [-0.05, 0) is 47.7 Å². The SMILES string of the molecule is Cc1cccc(C(C)C)c1NC(=O)C[NH+]1CC[NH+](Cc2ccc3c(c2)CCO3)CC1. The molecule has 1 amide bonds. The number of carbonyl (C=O) groups excluding carboxylic acids is 1. The third-order valence-corrected chi connectivity index (χ3v) is 6.47. The molecule has 2 aromatic rings. The first-order valence-corrected chi connectivity index (χ1v) is 11.3. The van der Waals surface area contributed by atoms with E-state index in [1.165, 1.54) is 21.6 Å². The monoisotopic (exact) mass is 409 g/mol. The maximum atomic E-state index is 12.7. The van der Waals surface area contributed by atoms with E-state index in [1.807, 2.05) is 0 Å². The van der Waals surface area contributed by atoms with Gasteiger partial charge in [-0.3, -0.25) is 4.79 Å². The van der Waals surface area contributed by atoms with E-state index in [9.17, 15) is 4.79 Å². The summed E-state index contributed by atoms with van der Waals surface area (Å²) in [4.78, 5) is 15.7. The summed E-state index contributed by atoms with van der Waals surface area (Å²) in [5, 5.41) is 3.20. The van der Waals surface area contributed by atoms with Crippen molar-refractivity contribution < 1.29 is 19.3 Å². The first-order valence-electron chi connectivity index (χ1n) is 11.3. The van der Waals surface area contributed by atoms with Gasteiger partial charge in [0.2, 0.25) is 0 Å². The Balaban J connectivity index is 1.27. The topological polar surface area (TPSA) is 47.2 Å². The third kappa shape index (κ3) is 4.85. The van der Waals surface area contributed by atoms with Crippen LogP contribution in [0.2, 0.25) is 0 Å². The molecule has 0 saturated carbocycles. The standard InChI is InChI=1S/C25H33N3O2/c1-18(2)22-6-4-5-19(3)25(22)26-24(29)17-28-12-10-27(11-13-28)16-20-7-8-23-21(15-20)9-14-30-23/h4-8,15,18H,9-14,16-17H2,1-3H3,(H,26,29)/p+2. The van der Waals surface area contributed by atoms with Crippen LogP contribution in [0.5, 0.6) is 5.75 Å². The number of hydrogen-bond acceptors (Lipinski definition) is 2. The van der Waals surface area contributed by atoms with E-state index in [0.717, 1.165) is 62.8 Å². The molecular formula is C25H35N3O2+2. The molecule has 1 fully saturated rings. The van der Waals surface area contributed by atoms with Crippen LogP contribution in [0.3, 0.4) is 0 Å². The summed E-state index contributed by atoms with van der Waals surface area (Å²) >= 11 is 0. The highest BCUT2D eigenvalue weighted by atomic mass is 16.5. The Labute approximate surface area is 180 Å². The molecule has 3 N–H and O–H groups in total. The smallest absolute Gasteiger partial charge is 0.279 e. The number of hydrogen-bond donors (Lipinski definition) is 3. The minimum Gasteiger partial charge on any atom is -0.493 e. The quantitative estimate of drug-likeness (QED) is 0.666. The molecule has 2 aliphatic heterocycles. The maximum absolute atomic E-state index is 12.7. The number of anilines is 1. The van der Waals surface area contributed by atoms with Gasteiger partial charge in [0.25, 0.3) is 5.91 Å². The van der Waals surface area contributed by atoms with Gasteiger partial charge in [-0.15, -0.1) is 0 Å². The lowest BCUT2D eigenvalue weighted by atomic mass is 9.98. The predicted octanol–water partition coefficient (Wildman–Crippen LogP) is 0.975. The van der Waals surface area contributed by atoms with Crippen LogP contribution in [-0.4, -0.2) is 45.2 Å². The van der Waals surface area contributed by atoms with Crippen LogP contribution in [0.1, 0.15) is 42.0 Å². The number of rotatable bonds is 6. The van der Waals surface area contributed by atoms with Gasteiger partial charge in [-0.2, -0.15) is 0 Å². The van der Waals surface area contributed by atoms with Crippen LogP contribution in [0.4, 0.5) is 5.69 Å². The van der Waals surface area contributed by atoms with Crippen LogP contribution < -0.4 is 19.9 Å². The van der Waals surface area contributed by atoms with Gasteiger partial charge in [-0.25, -0.2) is 0 Å². The number of quaternary nitrogens is 2. The molecule has 0 atom stereocenters. The van der Waals surface area contributed by atoms with Crippen molar-refractivity contribution in [1.29, 1.82) is 0 Å². The van der Waals surface area contributed by atoms with Crippen molar-refractivity contribution in [2.75, 3.05) is 44.6 Å². The van der Waals surface area contributed by atoms with E-state index in [0.29, 0.717) is 12.5 Å². The highest BCUT2D eigenvalue weighted by Crippen LogP contribution is 2.27. The van der Waals surface area contributed by atoms with Crippen LogP contribution in [-0.2, 0) is 17.8 Å². The summed E-state index contributed by atoms with van der Waals surface area (Å²) in [6.07, 6.45) is 1.03. The van der Waals surface area contributed by atoms with Gasteiger partial charge < -0.3 is 19.9 Å². The molecule has 1 saturated heterocycles. The fraction of sp³-hybridized carbons (Fsp3) is 0.480. The summed E-state index contributed by atoms with van der Waals surface area (Å²) in [6, 6.07) is 12.9. The lowest BCUT2D eigenvalue weighted by molar-refractivity contribution is -1.02. The molecule has 30 heavy (non-hydrogen) atoms. The predicted molar refractivity (Wildman–Crippen MR) is 120 cm³/mol. The third-order valence-electron chi connectivity index (χ3n) is 6.47. The molecule has 0 aliphatic carbocycles. The number of fused-ring (bicyclic) bond motifs is 1. The molecule has 0 unspecified atom stereocenters. The zero-order valence-electron chi connectivity index (χ0n) is 18.5. The second-order valence-corrected chi connectivity index (χ2v) is 9.14. The zero-order valence-corrected chi connectivity index (χ0v) is 18.5. The van der Waals surface area contributed by atoms with Crippen LogP contribution in [0.15, 0.2) is 36.4 Å². The fourth-order valence-corrected chi connectivity index (χ4v) is 4.70. The Morgan fingerprint density at radius 3 is 2.63 bits per heavy atom. The number of benzene rings is 2. The summed E-state index contributed by atoms with van der Waals surface area (Å²) in [5.41, 5.74) is 6.11. The Hall–Kier alpha value is -2.37. The van der Waals surface area contributed by atoms with E-state index in [-0.39, 0.29) is 5.91 Å². The molecule has 0 radical (unpaired) electrons. The summed E-state index contributed by atoms with van der Waals surface area (Å²) < 4.78 is 5.62. The van der Waals surface area contributed by atoms with Gasteiger partial charge in [-0.1, -0.05) is 32.0 Å². The number of aryl methyl sites for hydroxylation is 1. The number of para-hydroxylation sites is 1. The van der Waals surface area contributed by atoms with Crippen LogP contribution in [0.25, 0.3) is 0 Å². The number of amides is 1. The number of nitrogens with one attached hydrogen (secondary N) is 3. The Morgan fingerprint density at radius 2 is 1.87 bits per heavy atom. The van der Waals surface area contributed by atoms with Gasteiger partial charge in [0.1, 0.15) is 38.5 Å². The zero-order chi connectivity index (χ0) is 21.1. The van der Waals surface area contributed by atoms with E-state index < -0.39 is 0 Å². The number of carbonyl (C=O) groups is 1. The molecular weight excluding hydrogens is 374 g/mol. The van der Waals surface area contributed by atoms with E-state index in [4.69, 9.17) is 4.74 Å². The Kier molecular flexibility index (Phi) is 6.40. The number of ether oxygens (including phenoxy) is 1. The molecule has 0 spiro atoms. The van der Waals surface area contributed by atoms with Crippen molar-refractivity contribution in [1.82, 2.24) is 0 Å². The summed E-state index contributed by atoms with van der Waals surface area (Å²) in [6.45, 7) is 13.2. The fourth-order valence-electron chi connectivity index (χ4n) is 4.70. The van der Waals surface area contributed by atoms with Crippen molar-refractivity contribution in [3.05, 3.63) is 58.7 Å². The molecule has 5 heteroatoms.